The minimum absolute atomic E-state index is 0.0281. The van der Waals surface area contributed by atoms with Crippen molar-refractivity contribution in [2.45, 2.75) is 55.8 Å². The zero-order chi connectivity index (χ0) is 26.2. The molecule has 2 amide bonds. The Morgan fingerprint density at radius 3 is 2.35 bits per heavy atom. The first kappa shape index (κ1) is 25.4. The van der Waals surface area contributed by atoms with Crippen molar-refractivity contribution in [2.24, 2.45) is 5.73 Å². The highest BCUT2D eigenvalue weighted by Crippen LogP contribution is 2.29. The van der Waals surface area contributed by atoms with Crippen molar-refractivity contribution in [3.05, 3.63) is 77.9 Å². The summed E-state index contributed by atoms with van der Waals surface area (Å²) in [6.07, 6.45) is 1.76. The first-order valence-corrected chi connectivity index (χ1v) is 14.1. The number of rotatable bonds is 5. The molecule has 1 heterocycles. The number of nitrogens with two attached hydrogens (primary N) is 1. The van der Waals surface area contributed by atoms with Crippen LogP contribution < -0.4 is 11.1 Å². The Kier molecular flexibility index (Phi) is 7.02. The summed E-state index contributed by atoms with van der Waals surface area (Å²) in [5, 5.41) is 4.73. The minimum Gasteiger partial charge on any atom is -0.350 e. The van der Waals surface area contributed by atoms with E-state index in [1.54, 1.807) is 36.4 Å². The Labute approximate surface area is 217 Å². The van der Waals surface area contributed by atoms with Gasteiger partial charge in [-0.05, 0) is 67.6 Å². The highest BCUT2D eigenvalue weighted by Gasteiger charge is 2.47. The van der Waals surface area contributed by atoms with Gasteiger partial charge in [-0.3, -0.25) is 9.59 Å². The topological polar surface area (TPSA) is 113 Å². The lowest BCUT2D eigenvalue weighted by molar-refractivity contribution is -0.128. The van der Waals surface area contributed by atoms with E-state index in [2.05, 4.69) is 5.32 Å². The SMILES string of the molecule is Cc1cccc(C(=O)N2CCN(S(=O)(=O)c3ccc4ccccc4c3)C2C(=O)NC2CCC(N)CC2)c1. The molecule has 37 heavy (non-hydrogen) atoms. The van der Waals surface area contributed by atoms with Gasteiger partial charge in [-0.2, -0.15) is 4.31 Å². The van der Waals surface area contributed by atoms with E-state index in [0.29, 0.717) is 5.56 Å². The number of amides is 2. The van der Waals surface area contributed by atoms with E-state index in [9.17, 15) is 18.0 Å². The number of hydrogen-bond acceptors (Lipinski definition) is 5. The van der Waals surface area contributed by atoms with Crippen LogP contribution in [-0.4, -0.2) is 60.8 Å². The van der Waals surface area contributed by atoms with Gasteiger partial charge in [0.1, 0.15) is 0 Å². The van der Waals surface area contributed by atoms with Crippen molar-refractivity contribution in [3.8, 4) is 0 Å². The van der Waals surface area contributed by atoms with Gasteiger partial charge in [-0.1, -0.05) is 48.0 Å². The van der Waals surface area contributed by atoms with Gasteiger partial charge in [0.05, 0.1) is 4.90 Å². The molecule has 3 N–H and O–H groups in total. The number of nitrogens with zero attached hydrogens (tertiary/aromatic N) is 2. The molecule has 2 fully saturated rings. The molecule has 8 nitrogen and oxygen atoms in total. The summed E-state index contributed by atoms with van der Waals surface area (Å²) >= 11 is 0. The van der Waals surface area contributed by atoms with Crippen LogP contribution in [0, 0.1) is 6.92 Å². The number of benzene rings is 3. The molecule has 3 aromatic carbocycles. The Morgan fingerprint density at radius 1 is 0.892 bits per heavy atom. The summed E-state index contributed by atoms with van der Waals surface area (Å²) in [6, 6.07) is 19.6. The van der Waals surface area contributed by atoms with Crippen LogP contribution in [0.1, 0.15) is 41.6 Å². The molecule has 0 aromatic heterocycles. The standard InChI is InChI=1S/C28H32N4O4S/c1-19-5-4-8-22(17-19)28(34)31-15-16-32(27(31)26(33)30-24-12-10-23(29)11-13-24)37(35,36)25-14-9-20-6-2-3-7-21(20)18-25/h2-9,14,17-18,23-24,27H,10-13,15-16,29H2,1H3,(H,30,33). The predicted molar refractivity (Wildman–Crippen MR) is 142 cm³/mol. The lowest BCUT2D eigenvalue weighted by Gasteiger charge is -2.32. The monoisotopic (exact) mass is 520 g/mol. The highest BCUT2D eigenvalue weighted by atomic mass is 32.2. The number of nitrogens with one attached hydrogen (secondary N) is 1. The van der Waals surface area contributed by atoms with Crippen LogP contribution in [0.5, 0.6) is 0 Å². The molecule has 1 aliphatic carbocycles. The average molecular weight is 521 g/mol. The summed E-state index contributed by atoms with van der Waals surface area (Å²) in [5.74, 6) is -0.853. The van der Waals surface area contributed by atoms with Crippen LogP contribution in [-0.2, 0) is 14.8 Å². The Hall–Kier alpha value is -3.27. The van der Waals surface area contributed by atoms with Gasteiger partial charge in [0, 0.05) is 30.7 Å². The summed E-state index contributed by atoms with van der Waals surface area (Å²) in [6.45, 7) is 2.03. The zero-order valence-corrected chi connectivity index (χ0v) is 21.7. The fourth-order valence-corrected chi connectivity index (χ4v) is 6.87. The van der Waals surface area contributed by atoms with Crippen molar-refractivity contribution >= 4 is 32.6 Å². The largest absolute Gasteiger partial charge is 0.350 e. The van der Waals surface area contributed by atoms with Crippen LogP contribution in [0.4, 0.5) is 0 Å². The van der Waals surface area contributed by atoms with E-state index in [0.717, 1.165) is 46.3 Å². The maximum Gasteiger partial charge on any atom is 0.259 e. The van der Waals surface area contributed by atoms with Crippen LogP contribution in [0.2, 0.25) is 0 Å². The molecule has 1 aliphatic heterocycles. The summed E-state index contributed by atoms with van der Waals surface area (Å²) in [4.78, 5) is 28.7. The molecule has 0 bridgehead atoms. The molecular formula is C28H32N4O4S. The van der Waals surface area contributed by atoms with Gasteiger partial charge >= 0.3 is 0 Å². The second-order valence-corrected chi connectivity index (χ2v) is 11.9. The van der Waals surface area contributed by atoms with Gasteiger partial charge in [0.25, 0.3) is 11.8 Å². The van der Waals surface area contributed by atoms with E-state index < -0.39 is 22.1 Å². The third-order valence-electron chi connectivity index (χ3n) is 7.34. The molecular weight excluding hydrogens is 488 g/mol. The van der Waals surface area contributed by atoms with E-state index in [1.807, 2.05) is 37.3 Å². The summed E-state index contributed by atoms with van der Waals surface area (Å²) < 4.78 is 28.9. The number of hydrogen-bond donors (Lipinski definition) is 2. The first-order chi connectivity index (χ1) is 17.7. The number of carbonyl (C=O) groups excluding carboxylic acids is 2. The van der Waals surface area contributed by atoms with Gasteiger partial charge in [0.2, 0.25) is 10.0 Å². The maximum atomic E-state index is 13.9. The van der Waals surface area contributed by atoms with E-state index in [4.69, 9.17) is 5.73 Å². The minimum atomic E-state index is -4.07. The molecule has 2 aliphatic rings. The molecule has 1 saturated heterocycles. The summed E-state index contributed by atoms with van der Waals surface area (Å²) in [7, 11) is -4.07. The van der Waals surface area contributed by atoms with Gasteiger partial charge < -0.3 is 16.0 Å². The Morgan fingerprint density at radius 2 is 1.62 bits per heavy atom. The quantitative estimate of drug-likeness (QED) is 0.537. The average Bonchev–Trinajstić information content (AvgIpc) is 3.35. The number of fused-ring (bicyclic) bond motifs is 1. The second kappa shape index (κ2) is 10.2. The third-order valence-corrected chi connectivity index (χ3v) is 9.18. The lowest BCUT2D eigenvalue weighted by atomic mass is 9.92. The highest BCUT2D eigenvalue weighted by molar-refractivity contribution is 7.89. The molecule has 1 unspecified atom stereocenters. The fraction of sp³-hybridized carbons (Fsp3) is 0.357. The van der Waals surface area contributed by atoms with Crippen LogP contribution in [0.15, 0.2) is 71.6 Å². The van der Waals surface area contributed by atoms with Crippen LogP contribution >= 0.6 is 0 Å². The molecule has 194 valence electrons. The van der Waals surface area contributed by atoms with E-state index >= 15 is 0 Å². The predicted octanol–water partition coefficient (Wildman–Crippen LogP) is 3.01. The number of sulfonamides is 1. The normalized spacial score (nSPS) is 22.8. The van der Waals surface area contributed by atoms with Crippen molar-refractivity contribution < 1.29 is 18.0 Å². The maximum absolute atomic E-state index is 13.9. The van der Waals surface area contributed by atoms with Crippen molar-refractivity contribution in [2.75, 3.05) is 13.1 Å². The number of aryl methyl sites for hydroxylation is 1. The molecule has 1 atom stereocenters. The Bertz CT molecular complexity index is 1430. The number of carbonyl (C=O) groups is 2. The zero-order valence-electron chi connectivity index (χ0n) is 20.8. The van der Waals surface area contributed by atoms with Crippen LogP contribution in [0.25, 0.3) is 10.8 Å². The van der Waals surface area contributed by atoms with Crippen molar-refractivity contribution in [1.29, 1.82) is 0 Å². The van der Waals surface area contributed by atoms with Gasteiger partial charge in [-0.15, -0.1) is 0 Å². The third kappa shape index (κ3) is 5.12. The van der Waals surface area contributed by atoms with E-state index in [-0.39, 0.29) is 36.0 Å². The molecule has 5 rings (SSSR count). The smallest absolute Gasteiger partial charge is 0.259 e. The molecule has 3 aromatic rings. The van der Waals surface area contributed by atoms with Crippen molar-refractivity contribution in [1.82, 2.24) is 14.5 Å². The van der Waals surface area contributed by atoms with Crippen molar-refractivity contribution in [3.63, 3.8) is 0 Å². The van der Waals surface area contributed by atoms with E-state index in [1.165, 1.54) is 4.90 Å². The second-order valence-electron chi connectivity index (χ2n) is 9.99. The Balaban J connectivity index is 1.49. The fourth-order valence-electron chi connectivity index (χ4n) is 5.29. The lowest BCUT2D eigenvalue weighted by Crippen LogP contribution is -2.56. The molecule has 1 saturated carbocycles. The van der Waals surface area contributed by atoms with Gasteiger partial charge in [0.15, 0.2) is 6.17 Å². The first-order valence-electron chi connectivity index (χ1n) is 12.7. The molecule has 9 heteroatoms. The molecule has 0 spiro atoms. The van der Waals surface area contributed by atoms with Crippen LogP contribution in [0.3, 0.4) is 0 Å². The molecule has 0 radical (unpaired) electrons. The summed E-state index contributed by atoms with van der Waals surface area (Å²) in [5.41, 5.74) is 7.35. The van der Waals surface area contributed by atoms with Gasteiger partial charge in [-0.25, -0.2) is 8.42 Å².